The third kappa shape index (κ3) is 5.00. The van der Waals surface area contributed by atoms with Crippen molar-refractivity contribution < 1.29 is 4.79 Å². The molecule has 0 atom stereocenters. The summed E-state index contributed by atoms with van der Waals surface area (Å²) < 4.78 is 0. The molecule has 0 spiro atoms. The van der Waals surface area contributed by atoms with Crippen molar-refractivity contribution in [2.75, 3.05) is 63.8 Å². The van der Waals surface area contributed by atoms with E-state index in [2.05, 4.69) is 30.7 Å². The number of nitriles is 1. The SMILES string of the molecule is N#Cc1cccc(-c2cnc(N3CCN(CC(=O)N4CCN(C5CCC5)CC4)CC3)cn2)c1. The van der Waals surface area contributed by atoms with E-state index in [0.29, 0.717) is 12.1 Å². The van der Waals surface area contributed by atoms with Gasteiger partial charge in [-0.2, -0.15) is 5.26 Å². The molecule has 8 nitrogen and oxygen atoms in total. The van der Waals surface area contributed by atoms with E-state index < -0.39 is 0 Å². The Balaban J connectivity index is 1.09. The molecule has 0 bridgehead atoms. The van der Waals surface area contributed by atoms with Crippen LogP contribution in [-0.2, 0) is 4.79 Å². The maximum atomic E-state index is 12.8. The van der Waals surface area contributed by atoms with E-state index in [1.807, 2.05) is 23.1 Å². The highest BCUT2D eigenvalue weighted by molar-refractivity contribution is 5.78. The molecule has 5 rings (SSSR count). The summed E-state index contributed by atoms with van der Waals surface area (Å²) in [5, 5.41) is 9.09. The molecule has 0 radical (unpaired) electrons. The first kappa shape index (κ1) is 21.8. The standard InChI is InChI=1S/C25H31N7O/c26-16-20-3-1-4-21(15-20)23-17-28-24(18-27-23)31-9-7-29(8-10-31)19-25(33)32-13-11-30(12-14-32)22-5-2-6-22/h1,3-4,15,17-18,22H,2,5-14,19H2. The summed E-state index contributed by atoms with van der Waals surface area (Å²) >= 11 is 0. The number of anilines is 1. The molecule has 2 saturated heterocycles. The Morgan fingerprint density at radius 2 is 1.79 bits per heavy atom. The fourth-order valence-corrected chi connectivity index (χ4v) is 4.90. The largest absolute Gasteiger partial charge is 0.353 e. The number of amides is 1. The lowest BCUT2D eigenvalue weighted by Gasteiger charge is -2.43. The van der Waals surface area contributed by atoms with Gasteiger partial charge in [-0.05, 0) is 25.0 Å². The van der Waals surface area contributed by atoms with Crippen LogP contribution in [-0.4, -0.2) is 95.5 Å². The Labute approximate surface area is 195 Å². The number of hydrogen-bond acceptors (Lipinski definition) is 7. The van der Waals surface area contributed by atoms with Crippen molar-refractivity contribution in [3.05, 3.63) is 42.2 Å². The number of benzene rings is 1. The summed E-state index contributed by atoms with van der Waals surface area (Å²) in [5.74, 6) is 1.12. The molecule has 3 aliphatic rings. The molecular formula is C25H31N7O. The molecular weight excluding hydrogens is 414 g/mol. The summed E-state index contributed by atoms with van der Waals surface area (Å²) in [7, 11) is 0. The van der Waals surface area contributed by atoms with Gasteiger partial charge < -0.3 is 9.80 Å². The van der Waals surface area contributed by atoms with Crippen LogP contribution in [0.2, 0.25) is 0 Å². The number of aromatic nitrogens is 2. The van der Waals surface area contributed by atoms with Crippen LogP contribution >= 0.6 is 0 Å². The monoisotopic (exact) mass is 445 g/mol. The number of rotatable bonds is 5. The number of hydrogen-bond donors (Lipinski definition) is 0. The maximum absolute atomic E-state index is 12.8. The van der Waals surface area contributed by atoms with Gasteiger partial charge in [-0.15, -0.1) is 0 Å². The van der Waals surface area contributed by atoms with Crippen molar-refractivity contribution in [1.82, 2.24) is 24.7 Å². The Hall–Kier alpha value is -3.02. The lowest BCUT2D eigenvalue weighted by Crippen LogP contribution is -2.56. The molecule has 1 aromatic heterocycles. The van der Waals surface area contributed by atoms with Crippen LogP contribution in [0.1, 0.15) is 24.8 Å². The van der Waals surface area contributed by atoms with Gasteiger partial charge in [0, 0.05) is 64.0 Å². The quantitative estimate of drug-likeness (QED) is 0.695. The van der Waals surface area contributed by atoms with Crippen LogP contribution in [0.15, 0.2) is 36.7 Å². The predicted octanol–water partition coefficient (Wildman–Crippen LogP) is 1.83. The van der Waals surface area contributed by atoms with E-state index in [1.165, 1.54) is 19.3 Å². The minimum atomic E-state index is 0.264. The van der Waals surface area contributed by atoms with E-state index in [9.17, 15) is 4.79 Å². The zero-order valence-corrected chi connectivity index (χ0v) is 19.1. The van der Waals surface area contributed by atoms with E-state index in [0.717, 1.165) is 75.5 Å². The second-order valence-corrected chi connectivity index (χ2v) is 9.22. The number of piperazine rings is 2. The predicted molar refractivity (Wildman–Crippen MR) is 127 cm³/mol. The lowest BCUT2D eigenvalue weighted by molar-refractivity contribution is -0.134. The molecule has 3 fully saturated rings. The molecule has 1 aromatic carbocycles. The molecule has 3 heterocycles. The van der Waals surface area contributed by atoms with E-state index in [-0.39, 0.29) is 5.91 Å². The van der Waals surface area contributed by atoms with Crippen LogP contribution < -0.4 is 4.90 Å². The van der Waals surface area contributed by atoms with E-state index in [4.69, 9.17) is 5.26 Å². The molecule has 33 heavy (non-hydrogen) atoms. The van der Waals surface area contributed by atoms with Gasteiger partial charge in [0.1, 0.15) is 5.82 Å². The first-order chi connectivity index (χ1) is 16.2. The molecule has 0 unspecified atom stereocenters. The van der Waals surface area contributed by atoms with Crippen molar-refractivity contribution in [2.45, 2.75) is 25.3 Å². The third-order valence-electron chi connectivity index (χ3n) is 7.24. The second-order valence-electron chi connectivity index (χ2n) is 9.22. The van der Waals surface area contributed by atoms with Crippen molar-refractivity contribution >= 4 is 11.7 Å². The molecule has 1 amide bonds. The maximum Gasteiger partial charge on any atom is 0.236 e. The van der Waals surface area contributed by atoms with E-state index in [1.54, 1.807) is 18.5 Å². The number of nitrogens with zero attached hydrogens (tertiary/aromatic N) is 7. The highest BCUT2D eigenvalue weighted by Crippen LogP contribution is 2.25. The normalized spacial score (nSPS) is 20.3. The Kier molecular flexibility index (Phi) is 6.51. The average Bonchev–Trinajstić information content (AvgIpc) is 2.84. The summed E-state index contributed by atoms with van der Waals surface area (Å²) in [6.45, 7) is 7.67. The smallest absolute Gasteiger partial charge is 0.236 e. The van der Waals surface area contributed by atoms with Crippen molar-refractivity contribution in [1.29, 1.82) is 5.26 Å². The molecule has 0 N–H and O–H groups in total. The van der Waals surface area contributed by atoms with Gasteiger partial charge in [0.2, 0.25) is 5.91 Å². The Morgan fingerprint density at radius 3 is 2.42 bits per heavy atom. The summed E-state index contributed by atoms with van der Waals surface area (Å²) in [5.41, 5.74) is 2.27. The molecule has 1 saturated carbocycles. The van der Waals surface area contributed by atoms with Crippen LogP contribution in [0.3, 0.4) is 0 Å². The highest BCUT2D eigenvalue weighted by atomic mass is 16.2. The average molecular weight is 446 g/mol. The zero-order chi connectivity index (χ0) is 22.6. The first-order valence-corrected chi connectivity index (χ1v) is 12.0. The molecule has 8 heteroatoms. The van der Waals surface area contributed by atoms with Gasteiger partial charge in [0.05, 0.1) is 36.3 Å². The third-order valence-corrected chi connectivity index (χ3v) is 7.24. The zero-order valence-electron chi connectivity index (χ0n) is 19.1. The van der Waals surface area contributed by atoms with Gasteiger partial charge in [0.25, 0.3) is 0 Å². The van der Waals surface area contributed by atoms with Gasteiger partial charge >= 0.3 is 0 Å². The Morgan fingerprint density at radius 1 is 1.00 bits per heavy atom. The fraction of sp³-hybridized carbons (Fsp3) is 0.520. The minimum Gasteiger partial charge on any atom is -0.353 e. The van der Waals surface area contributed by atoms with Gasteiger partial charge in [0.15, 0.2) is 0 Å². The molecule has 172 valence electrons. The first-order valence-electron chi connectivity index (χ1n) is 12.0. The van der Waals surface area contributed by atoms with Crippen LogP contribution in [0, 0.1) is 11.3 Å². The van der Waals surface area contributed by atoms with Gasteiger partial charge in [-0.25, -0.2) is 4.98 Å². The van der Waals surface area contributed by atoms with E-state index >= 15 is 0 Å². The second kappa shape index (κ2) is 9.86. The minimum absolute atomic E-state index is 0.264. The topological polar surface area (TPSA) is 79.6 Å². The van der Waals surface area contributed by atoms with Crippen molar-refractivity contribution in [3.63, 3.8) is 0 Å². The van der Waals surface area contributed by atoms with Crippen LogP contribution in [0.5, 0.6) is 0 Å². The van der Waals surface area contributed by atoms with Crippen LogP contribution in [0.25, 0.3) is 11.3 Å². The summed E-state index contributed by atoms with van der Waals surface area (Å²) in [4.78, 5) is 31.1. The van der Waals surface area contributed by atoms with Gasteiger partial charge in [-0.1, -0.05) is 18.6 Å². The van der Waals surface area contributed by atoms with Gasteiger partial charge in [-0.3, -0.25) is 19.6 Å². The van der Waals surface area contributed by atoms with Crippen molar-refractivity contribution in [3.8, 4) is 17.3 Å². The summed E-state index contributed by atoms with van der Waals surface area (Å²) in [6, 6.07) is 10.3. The fourth-order valence-electron chi connectivity index (χ4n) is 4.90. The molecule has 1 aliphatic carbocycles. The Bertz CT molecular complexity index is 998. The number of carbonyl (C=O) groups excluding carboxylic acids is 1. The summed E-state index contributed by atoms with van der Waals surface area (Å²) in [6.07, 6.45) is 7.60. The highest BCUT2D eigenvalue weighted by Gasteiger charge is 2.30. The molecule has 2 aromatic rings. The van der Waals surface area contributed by atoms with Crippen molar-refractivity contribution in [2.24, 2.45) is 0 Å². The molecule has 2 aliphatic heterocycles. The van der Waals surface area contributed by atoms with Crippen LogP contribution in [0.4, 0.5) is 5.82 Å². The number of carbonyl (C=O) groups is 1. The lowest BCUT2D eigenvalue weighted by atomic mass is 9.91.